The lowest BCUT2D eigenvalue weighted by molar-refractivity contribution is -0.144. The van der Waals surface area contributed by atoms with Gasteiger partial charge in [-0.2, -0.15) is 0 Å². The van der Waals surface area contributed by atoms with Crippen molar-refractivity contribution in [3.8, 4) is 0 Å². The van der Waals surface area contributed by atoms with Crippen molar-refractivity contribution in [2.45, 2.75) is 45.4 Å². The van der Waals surface area contributed by atoms with E-state index >= 15 is 0 Å². The topological polar surface area (TPSA) is 83.6 Å². The van der Waals surface area contributed by atoms with Crippen LogP contribution in [0.1, 0.15) is 45.4 Å². The Labute approximate surface area is 115 Å². The Morgan fingerprint density at radius 1 is 1.37 bits per heavy atom. The Balaban J connectivity index is 2.38. The van der Waals surface area contributed by atoms with E-state index in [1.54, 1.807) is 0 Å². The van der Waals surface area contributed by atoms with Crippen molar-refractivity contribution < 1.29 is 14.7 Å². The summed E-state index contributed by atoms with van der Waals surface area (Å²) in [7, 11) is 0. The summed E-state index contributed by atoms with van der Waals surface area (Å²) in [5.41, 5.74) is 5.54. The SMILES string of the molecule is CCC(CCN)CCC(=O)N(CC(=O)O)CC1CC1. The van der Waals surface area contributed by atoms with Crippen molar-refractivity contribution in [2.24, 2.45) is 17.6 Å². The van der Waals surface area contributed by atoms with Gasteiger partial charge >= 0.3 is 5.97 Å². The molecule has 0 saturated heterocycles. The number of nitrogens with two attached hydrogens (primary N) is 1. The summed E-state index contributed by atoms with van der Waals surface area (Å²) in [6.07, 6.45) is 5.45. The lowest BCUT2D eigenvalue weighted by atomic mass is 9.96. The summed E-state index contributed by atoms with van der Waals surface area (Å²) >= 11 is 0. The number of hydrogen-bond acceptors (Lipinski definition) is 3. The summed E-state index contributed by atoms with van der Waals surface area (Å²) < 4.78 is 0. The van der Waals surface area contributed by atoms with Crippen LogP contribution in [0.2, 0.25) is 0 Å². The van der Waals surface area contributed by atoms with E-state index < -0.39 is 5.97 Å². The van der Waals surface area contributed by atoms with Gasteiger partial charge in [-0.3, -0.25) is 9.59 Å². The van der Waals surface area contributed by atoms with E-state index in [-0.39, 0.29) is 12.5 Å². The summed E-state index contributed by atoms with van der Waals surface area (Å²) in [4.78, 5) is 24.4. The second kappa shape index (κ2) is 8.15. The van der Waals surface area contributed by atoms with Crippen LogP contribution in [0.5, 0.6) is 0 Å². The van der Waals surface area contributed by atoms with E-state index in [4.69, 9.17) is 10.8 Å². The molecule has 1 fully saturated rings. The number of carboxylic acids is 1. The van der Waals surface area contributed by atoms with E-state index in [9.17, 15) is 9.59 Å². The number of aliphatic carboxylic acids is 1. The van der Waals surface area contributed by atoms with E-state index in [1.807, 2.05) is 0 Å². The molecule has 1 saturated carbocycles. The van der Waals surface area contributed by atoms with Crippen molar-refractivity contribution in [1.82, 2.24) is 4.90 Å². The molecule has 0 aliphatic heterocycles. The minimum Gasteiger partial charge on any atom is -0.480 e. The number of carbonyl (C=O) groups excluding carboxylic acids is 1. The standard InChI is InChI=1S/C14H26N2O3/c1-2-11(7-8-15)5-6-13(17)16(10-14(18)19)9-12-3-4-12/h11-12H,2-10,15H2,1H3,(H,18,19). The second-order valence-corrected chi connectivity index (χ2v) is 5.50. The van der Waals surface area contributed by atoms with Gasteiger partial charge in [-0.15, -0.1) is 0 Å². The van der Waals surface area contributed by atoms with Crippen molar-refractivity contribution >= 4 is 11.9 Å². The first kappa shape index (κ1) is 16.0. The van der Waals surface area contributed by atoms with Gasteiger partial charge in [0.2, 0.25) is 5.91 Å². The summed E-state index contributed by atoms with van der Waals surface area (Å²) in [6, 6.07) is 0. The molecule has 0 heterocycles. The molecule has 5 nitrogen and oxygen atoms in total. The number of carboxylic acid groups (broad SMARTS) is 1. The predicted octanol–water partition coefficient (Wildman–Crippen LogP) is 1.46. The maximum absolute atomic E-state index is 12.1. The van der Waals surface area contributed by atoms with Crippen LogP contribution in [0.3, 0.4) is 0 Å². The Morgan fingerprint density at radius 3 is 2.53 bits per heavy atom. The van der Waals surface area contributed by atoms with Gasteiger partial charge in [-0.1, -0.05) is 13.3 Å². The molecule has 0 aromatic carbocycles. The number of carbonyl (C=O) groups is 2. The fourth-order valence-electron chi connectivity index (χ4n) is 2.30. The first-order chi connectivity index (χ1) is 9.06. The number of nitrogens with zero attached hydrogens (tertiary/aromatic N) is 1. The largest absolute Gasteiger partial charge is 0.480 e. The van der Waals surface area contributed by atoms with Crippen LogP contribution in [0, 0.1) is 11.8 Å². The van der Waals surface area contributed by atoms with E-state index in [0.717, 1.165) is 32.1 Å². The quantitative estimate of drug-likeness (QED) is 0.629. The molecule has 0 aromatic rings. The number of amides is 1. The van der Waals surface area contributed by atoms with Gasteiger partial charge < -0.3 is 15.7 Å². The zero-order valence-electron chi connectivity index (χ0n) is 11.8. The molecule has 0 bridgehead atoms. The lowest BCUT2D eigenvalue weighted by Crippen LogP contribution is -2.37. The van der Waals surface area contributed by atoms with Crippen molar-refractivity contribution in [2.75, 3.05) is 19.6 Å². The molecule has 0 aromatic heterocycles. The molecule has 1 unspecified atom stereocenters. The summed E-state index contributed by atoms with van der Waals surface area (Å²) in [5.74, 6) is 0.0450. The maximum Gasteiger partial charge on any atom is 0.323 e. The Bertz CT molecular complexity index is 303. The number of rotatable bonds is 10. The number of hydrogen-bond donors (Lipinski definition) is 2. The molecule has 0 radical (unpaired) electrons. The maximum atomic E-state index is 12.1. The van der Waals surface area contributed by atoms with Crippen LogP contribution in [0.25, 0.3) is 0 Å². The van der Waals surface area contributed by atoms with Gasteiger partial charge in [0.05, 0.1) is 0 Å². The molecule has 3 N–H and O–H groups in total. The fraction of sp³-hybridized carbons (Fsp3) is 0.857. The van der Waals surface area contributed by atoms with E-state index in [0.29, 0.717) is 31.3 Å². The molecule has 110 valence electrons. The molecular weight excluding hydrogens is 244 g/mol. The van der Waals surface area contributed by atoms with Gasteiger partial charge in [0.15, 0.2) is 0 Å². The monoisotopic (exact) mass is 270 g/mol. The predicted molar refractivity (Wildman–Crippen MR) is 73.6 cm³/mol. The third-order valence-corrected chi connectivity index (χ3v) is 3.77. The van der Waals surface area contributed by atoms with E-state index in [2.05, 4.69) is 6.92 Å². The van der Waals surface area contributed by atoms with Gasteiger partial charge in [0.1, 0.15) is 6.54 Å². The third-order valence-electron chi connectivity index (χ3n) is 3.77. The summed E-state index contributed by atoms with van der Waals surface area (Å²) in [5, 5.41) is 8.86. The smallest absolute Gasteiger partial charge is 0.323 e. The summed E-state index contributed by atoms with van der Waals surface area (Å²) in [6.45, 7) is 3.19. The van der Waals surface area contributed by atoms with Crippen LogP contribution < -0.4 is 5.73 Å². The van der Waals surface area contributed by atoms with Crippen molar-refractivity contribution in [1.29, 1.82) is 0 Å². The molecular formula is C14H26N2O3. The third kappa shape index (κ3) is 6.57. The molecule has 5 heteroatoms. The van der Waals surface area contributed by atoms with Crippen LogP contribution in [-0.4, -0.2) is 41.5 Å². The Hall–Kier alpha value is -1.10. The minimum absolute atomic E-state index is 0.0234. The van der Waals surface area contributed by atoms with Crippen molar-refractivity contribution in [3.63, 3.8) is 0 Å². The van der Waals surface area contributed by atoms with Gasteiger partial charge in [-0.05, 0) is 44.1 Å². The second-order valence-electron chi connectivity index (χ2n) is 5.50. The highest BCUT2D eigenvalue weighted by Gasteiger charge is 2.27. The van der Waals surface area contributed by atoms with Crippen LogP contribution in [0.4, 0.5) is 0 Å². The molecule has 1 atom stereocenters. The average molecular weight is 270 g/mol. The molecule has 19 heavy (non-hydrogen) atoms. The van der Waals surface area contributed by atoms with Gasteiger partial charge in [0, 0.05) is 13.0 Å². The molecule has 1 aliphatic rings. The Kier molecular flexibility index (Phi) is 6.84. The van der Waals surface area contributed by atoms with Crippen LogP contribution in [-0.2, 0) is 9.59 Å². The highest BCUT2D eigenvalue weighted by atomic mass is 16.4. The average Bonchev–Trinajstić information content (AvgIpc) is 3.16. The molecule has 0 spiro atoms. The zero-order valence-corrected chi connectivity index (χ0v) is 11.8. The zero-order chi connectivity index (χ0) is 14.3. The first-order valence-corrected chi connectivity index (χ1v) is 7.26. The fourth-order valence-corrected chi connectivity index (χ4v) is 2.30. The van der Waals surface area contributed by atoms with Crippen molar-refractivity contribution in [3.05, 3.63) is 0 Å². The molecule has 1 rings (SSSR count). The minimum atomic E-state index is -0.928. The molecule has 1 amide bonds. The van der Waals surface area contributed by atoms with Crippen LogP contribution in [0.15, 0.2) is 0 Å². The lowest BCUT2D eigenvalue weighted by Gasteiger charge is -2.22. The van der Waals surface area contributed by atoms with Gasteiger partial charge in [0.25, 0.3) is 0 Å². The molecule has 1 aliphatic carbocycles. The highest BCUT2D eigenvalue weighted by Crippen LogP contribution is 2.30. The van der Waals surface area contributed by atoms with E-state index in [1.165, 1.54) is 4.90 Å². The van der Waals surface area contributed by atoms with Crippen LogP contribution >= 0.6 is 0 Å². The first-order valence-electron chi connectivity index (χ1n) is 7.26. The Morgan fingerprint density at radius 2 is 2.05 bits per heavy atom. The normalized spacial score (nSPS) is 16.1. The van der Waals surface area contributed by atoms with Gasteiger partial charge in [-0.25, -0.2) is 0 Å². The highest BCUT2D eigenvalue weighted by molar-refractivity contribution is 5.81.